The normalized spacial score (nSPS) is 25.7. The van der Waals surface area contributed by atoms with Gasteiger partial charge in [-0.05, 0) is 44.7 Å². The van der Waals surface area contributed by atoms with Crippen LogP contribution in [0.1, 0.15) is 38.7 Å². The number of Topliss-reactive ketones (excluding diaryl/α,β-unsaturated/α-hetero) is 2. The summed E-state index contributed by atoms with van der Waals surface area (Å²) >= 11 is 0. The third-order valence-corrected chi connectivity index (χ3v) is 9.79. The fraction of sp³-hybridized carbons (Fsp3) is 0.167. The Labute approximate surface area is 247 Å². The lowest BCUT2D eigenvalue weighted by molar-refractivity contribution is -0.159. The zero-order valence-electron chi connectivity index (χ0n) is 23.4. The van der Waals surface area contributed by atoms with Crippen LogP contribution in [0.4, 0.5) is 0 Å². The maximum absolute atomic E-state index is 15.2. The molecule has 4 aromatic carbocycles. The van der Waals surface area contributed by atoms with Gasteiger partial charge in [0.05, 0.1) is 25.7 Å². The second-order valence-corrected chi connectivity index (χ2v) is 11.3. The first-order valence-corrected chi connectivity index (χ1v) is 14.1. The standard InChI is InChI=1S/C36H25NO6/c1-42-33(40)27-28-24-16-8-13-21-14-9-17-25(26(21)24)35(28)30-23-15-7-6-10-20(23)18-19-37(30)31(29(38)22-11-4-3-5-12-22)36(35,32(27)39)34(41)43-2/h3-19,30-31H,1-2H3/t30-,31-,35+,36+/m0/s1. The molecular formula is C36H25NO6. The van der Waals surface area contributed by atoms with Gasteiger partial charge >= 0.3 is 11.9 Å². The van der Waals surface area contributed by atoms with Gasteiger partial charge in [0.1, 0.15) is 11.6 Å². The molecule has 2 heterocycles. The Bertz CT molecular complexity index is 2000. The number of fused-ring (bicyclic) bond motifs is 4. The molecule has 4 aromatic rings. The Hall–Kier alpha value is -5.30. The third-order valence-electron chi connectivity index (χ3n) is 9.79. The smallest absolute Gasteiger partial charge is 0.341 e. The zero-order chi connectivity index (χ0) is 29.7. The number of nitrogens with zero attached hydrogens (tertiary/aromatic N) is 1. The fourth-order valence-corrected chi connectivity index (χ4v) is 8.45. The van der Waals surface area contributed by atoms with Crippen molar-refractivity contribution in [2.45, 2.75) is 17.5 Å². The molecule has 0 bridgehead atoms. The highest BCUT2D eigenvalue weighted by Gasteiger charge is 2.84. The molecule has 0 unspecified atom stereocenters. The molecule has 1 spiro atoms. The Morgan fingerprint density at radius 3 is 2.28 bits per heavy atom. The molecule has 0 radical (unpaired) electrons. The molecule has 0 amide bonds. The molecule has 2 aliphatic carbocycles. The van der Waals surface area contributed by atoms with Crippen molar-refractivity contribution in [2.24, 2.45) is 5.41 Å². The number of esters is 2. The van der Waals surface area contributed by atoms with Crippen LogP contribution in [0.5, 0.6) is 0 Å². The van der Waals surface area contributed by atoms with Crippen molar-refractivity contribution in [1.82, 2.24) is 4.90 Å². The first kappa shape index (κ1) is 25.4. The Balaban J connectivity index is 1.60. The average molecular weight is 568 g/mol. The highest BCUT2D eigenvalue weighted by atomic mass is 16.5. The third kappa shape index (κ3) is 2.71. The van der Waals surface area contributed by atoms with Crippen molar-refractivity contribution in [3.8, 4) is 0 Å². The maximum atomic E-state index is 15.2. The molecule has 7 heteroatoms. The molecular weight excluding hydrogens is 542 g/mol. The number of rotatable bonds is 4. The molecule has 0 aromatic heterocycles. The first-order chi connectivity index (χ1) is 20.9. The van der Waals surface area contributed by atoms with Crippen LogP contribution in [0.25, 0.3) is 22.4 Å². The van der Waals surface area contributed by atoms with E-state index in [1.54, 1.807) is 30.3 Å². The number of benzene rings is 4. The summed E-state index contributed by atoms with van der Waals surface area (Å²) in [5.74, 6) is -2.90. The van der Waals surface area contributed by atoms with E-state index in [0.717, 1.165) is 21.9 Å². The summed E-state index contributed by atoms with van der Waals surface area (Å²) in [6.07, 6.45) is 3.71. The average Bonchev–Trinajstić information content (AvgIpc) is 3.59. The van der Waals surface area contributed by atoms with Gasteiger partial charge in [-0.25, -0.2) is 4.79 Å². The number of carbonyl (C=O) groups excluding carboxylic acids is 4. The summed E-state index contributed by atoms with van der Waals surface area (Å²) in [5.41, 5.74) is 0.0124. The van der Waals surface area contributed by atoms with Crippen molar-refractivity contribution in [2.75, 3.05) is 14.2 Å². The van der Waals surface area contributed by atoms with Crippen LogP contribution < -0.4 is 0 Å². The molecule has 43 heavy (non-hydrogen) atoms. The number of hydrogen-bond donors (Lipinski definition) is 0. The highest BCUT2D eigenvalue weighted by molar-refractivity contribution is 6.39. The van der Waals surface area contributed by atoms with E-state index in [-0.39, 0.29) is 5.57 Å². The van der Waals surface area contributed by atoms with Crippen LogP contribution in [0.15, 0.2) is 103 Å². The molecule has 1 fully saturated rings. The van der Waals surface area contributed by atoms with E-state index in [1.165, 1.54) is 14.2 Å². The monoisotopic (exact) mass is 567 g/mol. The van der Waals surface area contributed by atoms with E-state index in [0.29, 0.717) is 22.3 Å². The maximum Gasteiger partial charge on any atom is 0.341 e. The quantitative estimate of drug-likeness (QED) is 0.148. The molecule has 7 nitrogen and oxygen atoms in total. The minimum Gasteiger partial charge on any atom is -0.468 e. The van der Waals surface area contributed by atoms with Crippen molar-refractivity contribution >= 4 is 45.9 Å². The van der Waals surface area contributed by atoms with Gasteiger partial charge in [0, 0.05) is 11.8 Å². The Kier molecular flexibility index (Phi) is 5.09. The van der Waals surface area contributed by atoms with Gasteiger partial charge < -0.3 is 14.4 Å². The Morgan fingerprint density at radius 1 is 0.814 bits per heavy atom. The predicted octanol–water partition coefficient (Wildman–Crippen LogP) is 5.05. The summed E-state index contributed by atoms with van der Waals surface area (Å²) in [4.78, 5) is 60.2. The first-order valence-electron chi connectivity index (χ1n) is 14.1. The summed E-state index contributed by atoms with van der Waals surface area (Å²) in [6.45, 7) is 0. The van der Waals surface area contributed by atoms with E-state index >= 15 is 4.79 Å². The molecule has 2 aliphatic heterocycles. The van der Waals surface area contributed by atoms with Crippen LogP contribution in [0, 0.1) is 5.41 Å². The van der Waals surface area contributed by atoms with Crippen LogP contribution in [0.3, 0.4) is 0 Å². The fourth-order valence-electron chi connectivity index (χ4n) is 8.45. The molecule has 4 atom stereocenters. The molecule has 210 valence electrons. The van der Waals surface area contributed by atoms with Gasteiger partial charge in [0.25, 0.3) is 0 Å². The summed E-state index contributed by atoms with van der Waals surface area (Å²) in [5, 5.41) is 1.73. The number of hydrogen-bond acceptors (Lipinski definition) is 7. The van der Waals surface area contributed by atoms with Crippen molar-refractivity contribution in [3.63, 3.8) is 0 Å². The van der Waals surface area contributed by atoms with Crippen LogP contribution >= 0.6 is 0 Å². The molecule has 8 rings (SSSR count). The zero-order valence-corrected chi connectivity index (χ0v) is 23.4. The SMILES string of the molecule is COC(=O)C1=C2c3cccc4cccc(c34)[C@]23[C@@H]2c4ccccc4C=CN2[C@@H](C(=O)c2ccccc2)[C@]3(C(=O)OC)C1=O. The van der Waals surface area contributed by atoms with Gasteiger partial charge in [0.2, 0.25) is 0 Å². The number of ether oxygens (including phenoxy) is 2. The lowest BCUT2D eigenvalue weighted by Crippen LogP contribution is -2.58. The molecule has 0 saturated carbocycles. The number of ketones is 2. The van der Waals surface area contributed by atoms with E-state index < -0.39 is 46.4 Å². The van der Waals surface area contributed by atoms with Gasteiger partial charge in [-0.3, -0.25) is 14.4 Å². The van der Waals surface area contributed by atoms with E-state index in [9.17, 15) is 14.4 Å². The van der Waals surface area contributed by atoms with Gasteiger partial charge in [-0.2, -0.15) is 0 Å². The van der Waals surface area contributed by atoms with E-state index in [2.05, 4.69) is 0 Å². The van der Waals surface area contributed by atoms with Crippen LogP contribution in [-0.2, 0) is 29.3 Å². The Morgan fingerprint density at radius 2 is 1.53 bits per heavy atom. The topological polar surface area (TPSA) is 90.0 Å². The van der Waals surface area contributed by atoms with Crippen LogP contribution in [0.2, 0.25) is 0 Å². The molecule has 4 aliphatic rings. The minimum absolute atomic E-state index is 0.214. The highest BCUT2D eigenvalue weighted by Crippen LogP contribution is 2.76. The van der Waals surface area contributed by atoms with E-state index in [1.807, 2.05) is 77.8 Å². The second-order valence-electron chi connectivity index (χ2n) is 11.3. The predicted molar refractivity (Wildman–Crippen MR) is 159 cm³/mol. The second kappa shape index (κ2) is 8.61. The van der Waals surface area contributed by atoms with Gasteiger partial charge in [-0.1, -0.05) is 91.0 Å². The number of carbonyl (C=O) groups is 4. The van der Waals surface area contributed by atoms with Crippen molar-refractivity contribution in [1.29, 1.82) is 0 Å². The largest absolute Gasteiger partial charge is 0.468 e. The minimum atomic E-state index is -2.15. The van der Waals surface area contributed by atoms with Crippen molar-refractivity contribution in [3.05, 3.63) is 131 Å². The number of methoxy groups -OCH3 is 2. The molecule has 1 saturated heterocycles. The van der Waals surface area contributed by atoms with E-state index in [4.69, 9.17) is 9.47 Å². The van der Waals surface area contributed by atoms with Gasteiger partial charge in [-0.15, -0.1) is 0 Å². The summed E-state index contributed by atoms with van der Waals surface area (Å²) in [6, 6.07) is 25.9. The summed E-state index contributed by atoms with van der Waals surface area (Å²) < 4.78 is 10.8. The lowest BCUT2D eigenvalue weighted by Gasteiger charge is -2.42. The van der Waals surface area contributed by atoms with Gasteiger partial charge in [0.15, 0.2) is 17.0 Å². The summed E-state index contributed by atoms with van der Waals surface area (Å²) in [7, 11) is 2.44. The lowest BCUT2D eigenvalue weighted by atomic mass is 9.55. The van der Waals surface area contributed by atoms with Crippen molar-refractivity contribution < 1.29 is 28.7 Å². The van der Waals surface area contributed by atoms with Crippen LogP contribution in [-0.4, -0.2) is 48.7 Å². The molecule has 0 N–H and O–H groups in total.